The minimum absolute atomic E-state index is 0.171. The summed E-state index contributed by atoms with van der Waals surface area (Å²) in [6.07, 6.45) is 4.54. The first-order chi connectivity index (χ1) is 16.3. The maximum atomic E-state index is 13.0. The molecule has 5 rings (SSSR count). The number of nitrogens with one attached hydrogen (secondary N) is 1. The zero-order chi connectivity index (χ0) is 23.9. The third kappa shape index (κ3) is 4.03. The molecule has 0 saturated carbocycles. The van der Waals surface area contributed by atoms with Crippen LogP contribution in [0.5, 0.6) is 0 Å². The molecule has 8 heteroatoms. The van der Waals surface area contributed by atoms with Crippen LogP contribution >= 0.6 is 0 Å². The van der Waals surface area contributed by atoms with Crippen molar-refractivity contribution in [3.05, 3.63) is 71.3 Å². The van der Waals surface area contributed by atoms with Crippen molar-refractivity contribution in [2.45, 2.75) is 43.5 Å². The third-order valence-corrected chi connectivity index (χ3v) is 8.37. The van der Waals surface area contributed by atoms with Crippen LogP contribution in [-0.4, -0.2) is 33.4 Å². The Morgan fingerprint density at radius 2 is 1.76 bits per heavy atom. The van der Waals surface area contributed by atoms with Gasteiger partial charge in [-0.25, -0.2) is 8.42 Å². The molecule has 1 amide bonds. The number of amides is 1. The van der Waals surface area contributed by atoms with Crippen molar-refractivity contribution in [2.24, 2.45) is 0 Å². The molecule has 0 radical (unpaired) electrons. The summed E-state index contributed by atoms with van der Waals surface area (Å²) >= 11 is 0. The summed E-state index contributed by atoms with van der Waals surface area (Å²) in [6.45, 7) is 0.919. The minimum atomic E-state index is -3.86. The molecule has 0 spiro atoms. The highest BCUT2D eigenvalue weighted by Gasteiger charge is 2.37. The van der Waals surface area contributed by atoms with Crippen molar-refractivity contribution >= 4 is 38.4 Å². The van der Waals surface area contributed by atoms with E-state index < -0.39 is 35.1 Å². The Morgan fingerprint density at radius 3 is 2.56 bits per heavy atom. The van der Waals surface area contributed by atoms with Gasteiger partial charge < -0.3 is 10.1 Å². The Labute approximate surface area is 198 Å². The molecule has 0 bridgehead atoms. The van der Waals surface area contributed by atoms with Gasteiger partial charge >= 0.3 is 5.97 Å². The predicted octanol–water partition coefficient (Wildman–Crippen LogP) is 3.65. The van der Waals surface area contributed by atoms with Crippen molar-refractivity contribution in [1.82, 2.24) is 5.32 Å². The molecular formula is C26H26N2O5S. The van der Waals surface area contributed by atoms with Gasteiger partial charge in [-0.05, 0) is 66.8 Å². The predicted molar refractivity (Wildman–Crippen MR) is 129 cm³/mol. The first kappa shape index (κ1) is 22.4. The Morgan fingerprint density at radius 1 is 1.03 bits per heavy atom. The van der Waals surface area contributed by atoms with Gasteiger partial charge in [-0.15, -0.1) is 0 Å². The molecule has 0 saturated heterocycles. The molecule has 176 valence electrons. The van der Waals surface area contributed by atoms with Crippen LogP contribution in [0.1, 0.15) is 42.5 Å². The highest BCUT2D eigenvalue weighted by molar-refractivity contribution is 7.93. The summed E-state index contributed by atoms with van der Waals surface area (Å²) in [7, 11) is -3.86. The van der Waals surface area contributed by atoms with E-state index in [1.54, 1.807) is 18.2 Å². The topological polar surface area (TPSA) is 92.8 Å². The van der Waals surface area contributed by atoms with E-state index >= 15 is 0 Å². The van der Waals surface area contributed by atoms with Gasteiger partial charge in [0.25, 0.3) is 15.9 Å². The molecule has 2 aliphatic rings. The van der Waals surface area contributed by atoms with Gasteiger partial charge in [-0.1, -0.05) is 42.5 Å². The number of nitrogens with zero attached hydrogens (tertiary/aromatic N) is 1. The van der Waals surface area contributed by atoms with Crippen LogP contribution in [0.3, 0.4) is 0 Å². The number of rotatable bonds is 6. The van der Waals surface area contributed by atoms with E-state index in [-0.39, 0.29) is 10.9 Å². The monoisotopic (exact) mass is 478 g/mol. The molecule has 1 heterocycles. The first-order valence-corrected chi connectivity index (χ1v) is 12.9. The molecule has 3 aromatic rings. The van der Waals surface area contributed by atoms with Crippen LogP contribution in [0, 0.1) is 0 Å². The van der Waals surface area contributed by atoms with Crippen molar-refractivity contribution in [3.8, 4) is 0 Å². The quantitative estimate of drug-likeness (QED) is 0.546. The summed E-state index contributed by atoms with van der Waals surface area (Å²) < 4.78 is 32.1. The zero-order valence-electron chi connectivity index (χ0n) is 18.9. The van der Waals surface area contributed by atoms with E-state index in [9.17, 15) is 18.0 Å². The lowest BCUT2D eigenvalue weighted by Crippen LogP contribution is -2.36. The van der Waals surface area contributed by atoms with Crippen LogP contribution in [0.2, 0.25) is 0 Å². The molecule has 1 N–H and O–H groups in total. The highest BCUT2D eigenvalue weighted by atomic mass is 32.2. The maximum Gasteiger partial charge on any atom is 0.327 e. The number of ether oxygens (including phenoxy) is 1. The summed E-state index contributed by atoms with van der Waals surface area (Å²) in [5.74, 6) is -1.22. The van der Waals surface area contributed by atoms with E-state index in [1.807, 2.05) is 25.1 Å². The number of carbonyl (C=O) groups excluding carboxylic acids is 2. The van der Waals surface area contributed by atoms with Crippen LogP contribution in [-0.2, 0) is 37.2 Å². The summed E-state index contributed by atoms with van der Waals surface area (Å²) in [4.78, 5) is 25.0. The molecule has 1 atom stereocenters. The second kappa shape index (κ2) is 8.76. The van der Waals surface area contributed by atoms with Gasteiger partial charge in [0.2, 0.25) is 0 Å². The van der Waals surface area contributed by atoms with E-state index in [4.69, 9.17) is 4.74 Å². The van der Waals surface area contributed by atoms with Crippen LogP contribution in [0.25, 0.3) is 10.8 Å². The standard InChI is InChI=1S/C26H26N2O5S/c1-17(20-13-12-18-6-2-3-7-21(18)14-20)27-24(29)16-33-25(30)15-28-22-10-4-8-19-9-5-11-23(26(19)22)34(28,31)32/h4-5,8-14,17H,2-3,6-7,15-16H2,1H3,(H,27,29). The molecule has 1 unspecified atom stereocenters. The van der Waals surface area contributed by atoms with Crippen molar-refractivity contribution < 1.29 is 22.7 Å². The third-order valence-electron chi connectivity index (χ3n) is 6.57. The van der Waals surface area contributed by atoms with Crippen molar-refractivity contribution in [2.75, 3.05) is 17.5 Å². The van der Waals surface area contributed by atoms with Gasteiger partial charge in [0.15, 0.2) is 6.61 Å². The summed E-state index contributed by atoms with van der Waals surface area (Å²) in [5, 5.41) is 4.22. The zero-order valence-corrected chi connectivity index (χ0v) is 19.7. The van der Waals surface area contributed by atoms with Crippen molar-refractivity contribution in [1.29, 1.82) is 0 Å². The Balaban J connectivity index is 1.20. The average molecular weight is 479 g/mol. The van der Waals surface area contributed by atoms with Gasteiger partial charge in [-0.3, -0.25) is 13.9 Å². The smallest absolute Gasteiger partial charge is 0.327 e. The van der Waals surface area contributed by atoms with Crippen LogP contribution in [0.15, 0.2) is 59.5 Å². The van der Waals surface area contributed by atoms with Gasteiger partial charge in [0, 0.05) is 5.39 Å². The second-order valence-electron chi connectivity index (χ2n) is 8.83. The normalized spacial score (nSPS) is 16.7. The lowest BCUT2D eigenvalue weighted by Gasteiger charge is -2.20. The minimum Gasteiger partial charge on any atom is -0.454 e. The Kier molecular flexibility index (Phi) is 5.77. The average Bonchev–Trinajstić information content (AvgIpc) is 3.05. The number of esters is 1. The SMILES string of the molecule is CC(NC(=O)COC(=O)CN1c2cccc3cccc(c23)S1(=O)=O)c1ccc2c(c1)CCCC2. The second-order valence-corrected chi connectivity index (χ2v) is 10.7. The fourth-order valence-corrected chi connectivity index (χ4v) is 6.48. The summed E-state index contributed by atoms with van der Waals surface area (Å²) in [5.41, 5.74) is 4.15. The van der Waals surface area contributed by atoms with Gasteiger partial charge in [0.05, 0.1) is 16.6 Å². The lowest BCUT2D eigenvalue weighted by molar-refractivity contribution is -0.147. The fraction of sp³-hybridized carbons (Fsp3) is 0.308. The highest BCUT2D eigenvalue weighted by Crippen LogP contribution is 2.41. The molecule has 1 aliphatic carbocycles. The largest absolute Gasteiger partial charge is 0.454 e. The number of fused-ring (bicyclic) bond motifs is 1. The molecule has 3 aromatic carbocycles. The number of hydrogen-bond acceptors (Lipinski definition) is 5. The summed E-state index contributed by atoms with van der Waals surface area (Å²) in [6, 6.07) is 16.3. The molecule has 34 heavy (non-hydrogen) atoms. The van der Waals surface area contributed by atoms with Crippen LogP contribution < -0.4 is 9.62 Å². The Bertz CT molecular complexity index is 1390. The van der Waals surface area contributed by atoms with E-state index in [0.717, 1.165) is 28.1 Å². The van der Waals surface area contributed by atoms with E-state index in [0.29, 0.717) is 11.1 Å². The Hall–Kier alpha value is -3.39. The number of hydrogen-bond donors (Lipinski definition) is 1. The number of carbonyl (C=O) groups is 2. The van der Waals surface area contributed by atoms with Gasteiger partial charge in [-0.2, -0.15) is 0 Å². The number of anilines is 1. The van der Waals surface area contributed by atoms with Gasteiger partial charge in [0.1, 0.15) is 6.54 Å². The molecular weight excluding hydrogens is 452 g/mol. The fourth-order valence-electron chi connectivity index (χ4n) is 4.83. The lowest BCUT2D eigenvalue weighted by atomic mass is 9.89. The number of benzene rings is 3. The van der Waals surface area contributed by atoms with Crippen LogP contribution in [0.4, 0.5) is 5.69 Å². The maximum absolute atomic E-state index is 13.0. The number of aryl methyl sites for hydroxylation is 2. The number of sulfonamides is 1. The first-order valence-electron chi connectivity index (χ1n) is 11.5. The molecule has 7 nitrogen and oxygen atoms in total. The van der Waals surface area contributed by atoms with Crippen molar-refractivity contribution in [3.63, 3.8) is 0 Å². The van der Waals surface area contributed by atoms with E-state index in [2.05, 4.69) is 17.4 Å². The molecule has 1 aliphatic heterocycles. The molecule has 0 aromatic heterocycles. The molecule has 0 fully saturated rings. The van der Waals surface area contributed by atoms with E-state index in [1.165, 1.54) is 30.0 Å².